The third kappa shape index (κ3) is 4.39. The Morgan fingerprint density at radius 2 is 2.06 bits per heavy atom. The molecule has 0 radical (unpaired) electrons. The molecule has 0 saturated carbocycles. The number of hydrogen-bond donors (Lipinski definition) is 2. The summed E-state index contributed by atoms with van der Waals surface area (Å²) in [4.78, 5) is 0. The topological polar surface area (TPSA) is 66.4 Å². The first kappa shape index (κ1) is 13.9. The minimum Gasteiger partial charge on any atom is -0.396 e. The molecule has 0 aliphatic carbocycles. The Balaban J connectivity index is 2.41. The highest BCUT2D eigenvalue weighted by atomic mass is 35.5. The summed E-state index contributed by atoms with van der Waals surface area (Å²) in [5, 5.41) is 8.55. The molecule has 1 heterocycles. The third-order valence-electron chi connectivity index (χ3n) is 1.94. The Labute approximate surface area is 104 Å². The van der Waals surface area contributed by atoms with Crippen molar-refractivity contribution in [3.63, 3.8) is 0 Å². The van der Waals surface area contributed by atoms with Gasteiger partial charge in [0, 0.05) is 13.2 Å². The predicted octanol–water partition coefficient (Wildman–Crippen LogP) is 1.84. The van der Waals surface area contributed by atoms with E-state index in [1.54, 1.807) is 6.07 Å². The zero-order chi connectivity index (χ0) is 12.0. The average molecular weight is 284 g/mol. The maximum Gasteiger partial charge on any atom is 0.250 e. The lowest BCUT2D eigenvalue weighted by molar-refractivity contribution is 0.283. The molecule has 2 N–H and O–H groups in total. The van der Waals surface area contributed by atoms with Gasteiger partial charge in [-0.15, -0.1) is 11.3 Å². The average Bonchev–Trinajstić information content (AvgIpc) is 2.65. The second-order valence-electron chi connectivity index (χ2n) is 3.24. The van der Waals surface area contributed by atoms with E-state index in [9.17, 15) is 8.42 Å². The highest BCUT2D eigenvalue weighted by Crippen LogP contribution is 2.25. The van der Waals surface area contributed by atoms with Crippen molar-refractivity contribution in [2.24, 2.45) is 0 Å². The number of thiophene rings is 1. The molecular formula is C9H14ClNO3S2. The number of aliphatic hydroxyl groups excluding tert-OH is 1. The fourth-order valence-electron chi connectivity index (χ4n) is 1.13. The van der Waals surface area contributed by atoms with Crippen LogP contribution in [-0.4, -0.2) is 26.7 Å². The van der Waals surface area contributed by atoms with Gasteiger partial charge in [-0.1, -0.05) is 11.6 Å². The molecule has 0 spiro atoms. The molecule has 0 aromatic carbocycles. The molecule has 0 aliphatic heterocycles. The van der Waals surface area contributed by atoms with Crippen molar-refractivity contribution in [2.45, 2.75) is 23.5 Å². The standard InChI is InChI=1S/C9H14ClNO3S2/c10-8-4-5-9(15-8)16(13,14)11-6-2-1-3-7-12/h4-5,11-12H,1-3,6-7H2. The summed E-state index contributed by atoms with van der Waals surface area (Å²) in [6, 6.07) is 3.05. The lowest BCUT2D eigenvalue weighted by atomic mass is 10.2. The van der Waals surface area contributed by atoms with Crippen LogP contribution in [0.1, 0.15) is 19.3 Å². The zero-order valence-electron chi connectivity index (χ0n) is 8.65. The predicted molar refractivity (Wildman–Crippen MR) is 65.5 cm³/mol. The van der Waals surface area contributed by atoms with Crippen molar-refractivity contribution in [3.8, 4) is 0 Å². The molecule has 7 heteroatoms. The molecule has 1 rings (SSSR count). The maximum atomic E-state index is 11.7. The number of halogens is 1. The Morgan fingerprint density at radius 3 is 2.62 bits per heavy atom. The molecule has 0 saturated heterocycles. The molecule has 92 valence electrons. The summed E-state index contributed by atoms with van der Waals surface area (Å²) in [6.45, 7) is 0.533. The molecule has 16 heavy (non-hydrogen) atoms. The summed E-state index contributed by atoms with van der Waals surface area (Å²) in [6.07, 6.45) is 2.23. The van der Waals surface area contributed by atoms with Crippen LogP contribution in [0.3, 0.4) is 0 Å². The molecule has 0 unspecified atom stereocenters. The van der Waals surface area contributed by atoms with E-state index in [2.05, 4.69) is 4.72 Å². The Hall–Kier alpha value is -0.140. The summed E-state index contributed by atoms with van der Waals surface area (Å²) < 4.78 is 26.5. The molecule has 0 atom stereocenters. The Bertz CT molecular complexity index is 416. The first-order chi connectivity index (χ1) is 7.56. The van der Waals surface area contributed by atoms with Crippen LogP contribution >= 0.6 is 22.9 Å². The smallest absolute Gasteiger partial charge is 0.250 e. The molecule has 1 aromatic heterocycles. The van der Waals surface area contributed by atoms with E-state index in [1.165, 1.54) is 6.07 Å². The number of hydrogen-bond acceptors (Lipinski definition) is 4. The van der Waals surface area contributed by atoms with Gasteiger partial charge in [0.15, 0.2) is 0 Å². The van der Waals surface area contributed by atoms with Crippen LogP contribution in [0.2, 0.25) is 4.34 Å². The fourth-order valence-corrected chi connectivity index (χ4v) is 3.73. The van der Waals surface area contributed by atoms with Gasteiger partial charge < -0.3 is 5.11 Å². The van der Waals surface area contributed by atoms with E-state index in [0.717, 1.165) is 24.2 Å². The van der Waals surface area contributed by atoms with Crippen molar-refractivity contribution < 1.29 is 13.5 Å². The number of nitrogens with one attached hydrogen (secondary N) is 1. The minimum absolute atomic E-state index is 0.146. The summed E-state index contributed by atoms with van der Waals surface area (Å²) in [5.41, 5.74) is 0. The van der Waals surface area contributed by atoms with E-state index in [-0.39, 0.29) is 10.8 Å². The van der Waals surface area contributed by atoms with Gasteiger partial charge in [0.25, 0.3) is 0 Å². The minimum atomic E-state index is -3.41. The fraction of sp³-hybridized carbons (Fsp3) is 0.556. The Morgan fingerprint density at radius 1 is 1.31 bits per heavy atom. The first-order valence-corrected chi connectivity index (χ1v) is 7.60. The van der Waals surface area contributed by atoms with Gasteiger partial charge in [-0.05, 0) is 31.4 Å². The number of rotatable bonds is 7. The van der Waals surface area contributed by atoms with E-state index in [0.29, 0.717) is 17.3 Å². The van der Waals surface area contributed by atoms with Gasteiger partial charge in [0.1, 0.15) is 4.21 Å². The van der Waals surface area contributed by atoms with Gasteiger partial charge in [0.05, 0.1) is 4.34 Å². The Kier molecular flexibility index (Phi) is 5.71. The van der Waals surface area contributed by atoms with Gasteiger partial charge in [-0.3, -0.25) is 0 Å². The van der Waals surface area contributed by atoms with Gasteiger partial charge >= 0.3 is 0 Å². The van der Waals surface area contributed by atoms with Crippen molar-refractivity contribution in [3.05, 3.63) is 16.5 Å². The number of unbranched alkanes of at least 4 members (excludes halogenated alkanes) is 2. The lowest BCUT2D eigenvalue weighted by Gasteiger charge is -2.03. The summed E-state index contributed by atoms with van der Waals surface area (Å²) >= 11 is 6.71. The number of sulfonamides is 1. The first-order valence-electron chi connectivity index (χ1n) is 4.92. The van der Waals surface area contributed by atoms with Crippen LogP contribution in [0.4, 0.5) is 0 Å². The van der Waals surface area contributed by atoms with Crippen LogP contribution < -0.4 is 4.72 Å². The number of aliphatic hydroxyl groups is 1. The van der Waals surface area contributed by atoms with Crippen LogP contribution in [0.15, 0.2) is 16.3 Å². The monoisotopic (exact) mass is 283 g/mol. The lowest BCUT2D eigenvalue weighted by Crippen LogP contribution is -2.23. The maximum absolute atomic E-state index is 11.7. The molecule has 0 bridgehead atoms. The van der Waals surface area contributed by atoms with E-state index >= 15 is 0 Å². The third-order valence-corrected chi connectivity index (χ3v) is 5.12. The van der Waals surface area contributed by atoms with Crippen molar-refractivity contribution in [2.75, 3.05) is 13.2 Å². The molecule has 1 aromatic rings. The highest BCUT2D eigenvalue weighted by molar-refractivity contribution is 7.91. The van der Waals surface area contributed by atoms with Crippen LogP contribution in [0.25, 0.3) is 0 Å². The van der Waals surface area contributed by atoms with E-state index < -0.39 is 10.0 Å². The van der Waals surface area contributed by atoms with Gasteiger partial charge in [-0.25, -0.2) is 13.1 Å². The van der Waals surface area contributed by atoms with E-state index in [1.807, 2.05) is 0 Å². The summed E-state index contributed by atoms with van der Waals surface area (Å²) in [7, 11) is -3.41. The van der Waals surface area contributed by atoms with E-state index in [4.69, 9.17) is 16.7 Å². The van der Waals surface area contributed by atoms with Crippen molar-refractivity contribution >= 4 is 33.0 Å². The van der Waals surface area contributed by atoms with Crippen molar-refractivity contribution in [1.29, 1.82) is 0 Å². The zero-order valence-corrected chi connectivity index (χ0v) is 11.0. The quantitative estimate of drug-likeness (QED) is 0.751. The van der Waals surface area contributed by atoms with Gasteiger partial charge in [0.2, 0.25) is 10.0 Å². The molecule has 4 nitrogen and oxygen atoms in total. The molecule has 0 fully saturated rings. The summed E-state index contributed by atoms with van der Waals surface area (Å²) in [5.74, 6) is 0. The van der Waals surface area contributed by atoms with Gasteiger partial charge in [-0.2, -0.15) is 0 Å². The highest BCUT2D eigenvalue weighted by Gasteiger charge is 2.15. The SMILES string of the molecule is O=S(=O)(NCCCCCO)c1ccc(Cl)s1. The molecule has 0 aliphatic rings. The molecular weight excluding hydrogens is 270 g/mol. The largest absolute Gasteiger partial charge is 0.396 e. The molecule has 0 amide bonds. The normalized spacial score (nSPS) is 11.9. The second-order valence-corrected chi connectivity index (χ2v) is 6.95. The second kappa shape index (κ2) is 6.56. The van der Waals surface area contributed by atoms with Crippen molar-refractivity contribution in [1.82, 2.24) is 4.72 Å². The van der Waals surface area contributed by atoms with Crippen LogP contribution in [0.5, 0.6) is 0 Å². The van der Waals surface area contributed by atoms with Crippen LogP contribution in [-0.2, 0) is 10.0 Å². The van der Waals surface area contributed by atoms with Crippen LogP contribution in [0, 0.1) is 0 Å².